The van der Waals surface area contributed by atoms with Crippen LogP contribution in [0, 0.1) is 75.9 Å². The molecule has 11 rings (SSSR count). The zero-order valence-electron chi connectivity index (χ0n) is 33.3. The molecule has 1 aromatic rings. The molecule has 5 fully saturated rings. The Labute approximate surface area is 328 Å². The second kappa shape index (κ2) is 14.1. The molecule has 5 aliphatic carbocycles. The lowest BCUT2D eigenvalue weighted by molar-refractivity contribution is -0.244. The highest BCUT2D eigenvalue weighted by molar-refractivity contribution is 5.95. The van der Waals surface area contributed by atoms with Gasteiger partial charge in [0, 0.05) is 17.8 Å². The van der Waals surface area contributed by atoms with E-state index in [1.54, 1.807) is 0 Å². The number of hydrogen-bond acceptors (Lipinski definition) is 7. The van der Waals surface area contributed by atoms with E-state index >= 15 is 0 Å². The van der Waals surface area contributed by atoms with Crippen molar-refractivity contribution in [1.82, 2.24) is 0 Å². The fourth-order valence-corrected chi connectivity index (χ4v) is 14.3. The van der Waals surface area contributed by atoms with Crippen molar-refractivity contribution in [3.63, 3.8) is 0 Å². The van der Waals surface area contributed by atoms with Gasteiger partial charge in [-0.25, -0.2) is 0 Å². The second-order valence-corrected chi connectivity index (χ2v) is 19.5. The molecule has 7 heteroatoms. The molecular formula is C48H62O7. The molecule has 16 atom stereocenters. The topological polar surface area (TPSA) is 105 Å². The highest BCUT2D eigenvalue weighted by Gasteiger charge is 2.76. The maximum Gasteiger partial charge on any atom is 0.159 e. The van der Waals surface area contributed by atoms with Crippen LogP contribution in [0.2, 0.25) is 0 Å². The predicted molar refractivity (Wildman–Crippen MR) is 209 cm³/mol. The Morgan fingerprint density at radius 1 is 0.836 bits per heavy atom. The molecule has 1 spiro atoms. The first-order chi connectivity index (χ1) is 26.4. The number of ketones is 1. The number of ether oxygens (including phenoxy) is 3. The van der Waals surface area contributed by atoms with Crippen molar-refractivity contribution in [3.05, 3.63) is 47.5 Å². The lowest BCUT2D eigenvalue weighted by atomic mass is 9.39. The molecule has 1 saturated heterocycles. The van der Waals surface area contributed by atoms with Crippen LogP contribution in [-0.4, -0.2) is 76.0 Å². The van der Waals surface area contributed by atoms with Crippen LogP contribution in [0.3, 0.4) is 0 Å². The summed E-state index contributed by atoms with van der Waals surface area (Å²) in [6.07, 6.45) is 9.16. The van der Waals surface area contributed by atoms with Gasteiger partial charge < -0.3 is 29.5 Å². The maximum atomic E-state index is 14.8. The van der Waals surface area contributed by atoms with E-state index in [-0.39, 0.29) is 71.3 Å². The zero-order valence-corrected chi connectivity index (χ0v) is 33.3. The molecular weight excluding hydrogens is 689 g/mol. The molecule has 10 aliphatic rings. The zero-order chi connectivity index (χ0) is 38.3. The molecule has 296 valence electrons. The van der Waals surface area contributed by atoms with E-state index < -0.39 is 41.0 Å². The molecule has 7 nitrogen and oxygen atoms in total. The van der Waals surface area contributed by atoms with Crippen molar-refractivity contribution in [2.24, 2.45) is 52.3 Å². The molecule has 4 saturated carbocycles. The average Bonchev–Trinajstić information content (AvgIpc) is 3.70. The minimum atomic E-state index is -1.54. The Bertz CT molecular complexity index is 1790. The summed E-state index contributed by atoms with van der Waals surface area (Å²) >= 11 is 0. The quantitative estimate of drug-likeness (QED) is 0.287. The Morgan fingerprint density at radius 2 is 1.60 bits per heavy atom. The minimum absolute atomic E-state index is 0.00781. The molecule has 55 heavy (non-hydrogen) atoms. The molecule has 0 radical (unpaired) electrons. The van der Waals surface area contributed by atoms with Crippen LogP contribution in [0.15, 0.2) is 42.0 Å². The van der Waals surface area contributed by atoms with Crippen molar-refractivity contribution >= 4 is 5.78 Å². The molecule has 0 unspecified atom stereocenters. The van der Waals surface area contributed by atoms with Gasteiger partial charge in [-0.1, -0.05) is 88.1 Å². The summed E-state index contributed by atoms with van der Waals surface area (Å²) in [5.41, 5.74) is -1.10. The molecule has 8 bridgehead atoms. The van der Waals surface area contributed by atoms with Crippen LogP contribution in [-0.2, 0) is 19.0 Å². The second-order valence-electron chi connectivity index (χ2n) is 19.5. The van der Waals surface area contributed by atoms with Crippen LogP contribution >= 0.6 is 0 Å². The Hall–Kier alpha value is -2.49. The van der Waals surface area contributed by atoms with Crippen LogP contribution in [0.25, 0.3) is 0 Å². The van der Waals surface area contributed by atoms with E-state index in [1.165, 1.54) is 6.42 Å². The summed E-state index contributed by atoms with van der Waals surface area (Å²) < 4.78 is 20.8. The number of hydrogen-bond donors (Lipinski definition) is 3. The minimum Gasteiger partial charge on any atom is -0.387 e. The summed E-state index contributed by atoms with van der Waals surface area (Å²) in [6.45, 7) is 8.99. The van der Waals surface area contributed by atoms with Crippen LogP contribution in [0.1, 0.15) is 116 Å². The van der Waals surface area contributed by atoms with Gasteiger partial charge in [-0.3, -0.25) is 4.79 Å². The van der Waals surface area contributed by atoms with Crippen molar-refractivity contribution in [1.29, 1.82) is 0 Å². The van der Waals surface area contributed by atoms with E-state index in [0.29, 0.717) is 32.3 Å². The largest absolute Gasteiger partial charge is 0.387 e. The fraction of sp³-hybridized carbons (Fsp3) is 0.729. The predicted octanol–water partition coefficient (Wildman–Crippen LogP) is 6.78. The van der Waals surface area contributed by atoms with E-state index in [2.05, 4.69) is 56.6 Å². The summed E-state index contributed by atoms with van der Waals surface area (Å²) in [6, 6.07) is 10.4. The smallest absolute Gasteiger partial charge is 0.159 e. The van der Waals surface area contributed by atoms with E-state index in [9.17, 15) is 20.1 Å². The SMILES string of the molecule is C[C@@H]1[C@@H](C)[C@@H]2O[C@@H]1[C@H](O)C#CC[C@@H]1C[C@H]3C4=CC(=O)[C@@H]5C[C@H](CC[C@@]53C)OC[C@@H](c3ccccc3)C#CCO[C@]43CC[C@H]([C@](C)(O)[C@@H]2O)[C@@]13C1CCCCC1. The first-order valence-corrected chi connectivity index (χ1v) is 21.7. The van der Waals surface area contributed by atoms with Gasteiger partial charge >= 0.3 is 0 Å². The number of carbonyl (C=O) groups is 1. The number of allylic oxidation sites excluding steroid dienone is 1. The standard InChI is InChI=1S/C48H62O7/c1-29-30(2)43-44(51)46(4,52)41-21-23-47-37-27-40(50)38-26-35(53-28-32(15-12-24-54-47)31-13-7-5-8-14-31)20-22-45(38,3)36(37)25-34(18-11-19-39(49)42(29)55-43)48(41,47)33-16-9-6-10-17-33/h5,7-8,13-14,27,29-30,32-36,38-39,41-44,49,51-52H,6,9-10,16-18,20-26,28H2,1-4H3/t29-,30-,32+,34-,35+,36+,38+,39-,41-,42+,43+,44-,45-,46+,47-,48-/m1/s1. The van der Waals surface area contributed by atoms with Gasteiger partial charge in [0.25, 0.3) is 0 Å². The third kappa shape index (κ3) is 5.65. The third-order valence-electron chi connectivity index (χ3n) is 17.2. The van der Waals surface area contributed by atoms with Crippen molar-refractivity contribution in [2.45, 2.75) is 152 Å². The highest BCUT2D eigenvalue weighted by Crippen LogP contribution is 2.75. The fourth-order valence-electron chi connectivity index (χ4n) is 14.3. The maximum absolute atomic E-state index is 14.8. The number of aliphatic hydroxyl groups is 3. The summed E-state index contributed by atoms with van der Waals surface area (Å²) in [7, 11) is 0. The Morgan fingerprint density at radius 3 is 2.38 bits per heavy atom. The Kier molecular flexibility index (Phi) is 9.76. The van der Waals surface area contributed by atoms with Crippen molar-refractivity contribution in [2.75, 3.05) is 13.2 Å². The first-order valence-electron chi connectivity index (χ1n) is 21.7. The number of aliphatic hydroxyl groups excluding tert-OH is 2. The van der Waals surface area contributed by atoms with Crippen LogP contribution in [0.5, 0.6) is 0 Å². The van der Waals surface area contributed by atoms with Crippen LogP contribution in [0.4, 0.5) is 0 Å². The van der Waals surface area contributed by atoms with Crippen molar-refractivity contribution < 1.29 is 34.3 Å². The first kappa shape index (κ1) is 38.1. The van der Waals surface area contributed by atoms with Gasteiger partial charge in [0.2, 0.25) is 0 Å². The van der Waals surface area contributed by atoms with Crippen molar-refractivity contribution in [3.8, 4) is 23.7 Å². The highest BCUT2D eigenvalue weighted by atomic mass is 16.5. The molecule has 1 aromatic carbocycles. The summed E-state index contributed by atoms with van der Waals surface area (Å²) in [5.74, 6) is 13.6. The molecule has 3 N–H and O–H groups in total. The summed E-state index contributed by atoms with van der Waals surface area (Å²) in [5, 5.41) is 37.3. The normalized spacial score (nSPS) is 49.6. The van der Waals surface area contributed by atoms with Crippen LogP contribution < -0.4 is 0 Å². The van der Waals surface area contributed by atoms with Gasteiger partial charge in [-0.05, 0) is 116 Å². The summed E-state index contributed by atoms with van der Waals surface area (Å²) in [4.78, 5) is 14.8. The van der Waals surface area contributed by atoms with Gasteiger partial charge in [-0.15, -0.1) is 5.92 Å². The van der Waals surface area contributed by atoms with E-state index in [1.807, 2.05) is 31.2 Å². The van der Waals surface area contributed by atoms with E-state index in [0.717, 1.165) is 56.1 Å². The number of fused-ring (bicyclic) bond motifs is 4. The lowest BCUT2D eigenvalue weighted by Gasteiger charge is -2.67. The lowest BCUT2D eigenvalue weighted by Crippen LogP contribution is -2.70. The van der Waals surface area contributed by atoms with Gasteiger partial charge in [0.15, 0.2) is 5.78 Å². The van der Waals surface area contributed by atoms with E-state index in [4.69, 9.17) is 14.2 Å². The molecule has 5 aliphatic heterocycles. The van der Waals surface area contributed by atoms with Gasteiger partial charge in [-0.2, -0.15) is 0 Å². The molecule has 0 amide bonds. The molecule has 0 aromatic heterocycles. The third-order valence-corrected chi connectivity index (χ3v) is 17.2. The number of carbonyl (C=O) groups excluding carboxylic acids is 1. The Balaban J connectivity index is 1.27. The molecule has 5 heterocycles. The average molecular weight is 751 g/mol. The van der Waals surface area contributed by atoms with Gasteiger partial charge in [0.05, 0.1) is 42.0 Å². The number of rotatable bonds is 2. The van der Waals surface area contributed by atoms with Gasteiger partial charge in [0.1, 0.15) is 18.8 Å². The number of benzene rings is 1. The monoisotopic (exact) mass is 750 g/mol.